The lowest BCUT2D eigenvalue weighted by molar-refractivity contribution is -0.387. The van der Waals surface area contributed by atoms with Crippen LogP contribution in [0.25, 0.3) is 0 Å². The smallest absolute Gasteiger partial charge is 0.339 e. The summed E-state index contributed by atoms with van der Waals surface area (Å²) in [6.45, 7) is 1.26. The zero-order valence-electron chi connectivity index (χ0n) is 14.2. The molecule has 0 aliphatic carbocycles. The van der Waals surface area contributed by atoms with Gasteiger partial charge in [-0.05, 0) is 37.3 Å². The normalized spacial score (nSPS) is 11.4. The van der Waals surface area contributed by atoms with Crippen LogP contribution in [-0.4, -0.2) is 30.0 Å². The van der Waals surface area contributed by atoms with Crippen LogP contribution in [0.4, 0.5) is 20.2 Å². The van der Waals surface area contributed by atoms with Gasteiger partial charge in [-0.15, -0.1) is 0 Å². The third kappa shape index (κ3) is 4.75. The summed E-state index contributed by atoms with van der Waals surface area (Å²) in [5, 5.41) is 13.0. The van der Waals surface area contributed by atoms with Crippen LogP contribution in [0.15, 0.2) is 36.4 Å². The third-order valence-electron chi connectivity index (χ3n) is 3.45. The van der Waals surface area contributed by atoms with Crippen molar-refractivity contribution in [2.45, 2.75) is 13.0 Å². The van der Waals surface area contributed by atoms with Crippen molar-refractivity contribution in [1.82, 2.24) is 0 Å². The summed E-state index contributed by atoms with van der Waals surface area (Å²) in [7, 11) is 1.27. The zero-order chi connectivity index (χ0) is 20.1. The second kappa shape index (κ2) is 8.21. The molecule has 0 heterocycles. The number of nitrogens with one attached hydrogen (secondary N) is 1. The topological polar surface area (TPSA) is 108 Å². The van der Waals surface area contributed by atoms with E-state index in [0.717, 1.165) is 24.3 Å². The van der Waals surface area contributed by atoms with Crippen molar-refractivity contribution in [2.24, 2.45) is 0 Å². The molecule has 0 aliphatic heterocycles. The van der Waals surface area contributed by atoms with Gasteiger partial charge < -0.3 is 14.8 Å². The predicted octanol–water partition coefficient (Wildman–Crippen LogP) is 3.07. The van der Waals surface area contributed by atoms with Gasteiger partial charge in [0.25, 0.3) is 5.91 Å². The van der Waals surface area contributed by atoms with E-state index in [9.17, 15) is 28.5 Å². The number of anilines is 1. The number of hydrogen-bond acceptors (Lipinski definition) is 6. The van der Waals surface area contributed by atoms with Crippen molar-refractivity contribution in [3.8, 4) is 5.75 Å². The molecule has 0 fully saturated rings. The van der Waals surface area contributed by atoms with Crippen LogP contribution in [0.3, 0.4) is 0 Å². The summed E-state index contributed by atoms with van der Waals surface area (Å²) in [5.41, 5.74) is -0.997. The number of halogens is 2. The molecule has 0 spiro atoms. The van der Waals surface area contributed by atoms with Crippen LogP contribution in [0.5, 0.6) is 5.75 Å². The van der Waals surface area contributed by atoms with Crippen molar-refractivity contribution < 1.29 is 32.8 Å². The lowest BCUT2D eigenvalue weighted by atomic mass is 10.2. The Balaban J connectivity index is 2.05. The molecule has 8 nitrogen and oxygen atoms in total. The van der Waals surface area contributed by atoms with Crippen LogP contribution in [0.1, 0.15) is 17.3 Å². The van der Waals surface area contributed by atoms with E-state index in [1.54, 1.807) is 0 Å². The molecule has 2 aromatic rings. The van der Waals surface area contributed by atoms with E-state index in [1.165, 1.54) is 26.2 Å². The van der Waals surface area contributed by atoms with Gasteiger partial charge in [-0.3, -0.25) is 14.9 Å². The van der Waals surface area contributed by atoms with Gasteiger partial charge in [0.2, 0.25) is 5.82 Å². The molecule has 0 radical (unpaired) electrons. The molecule has 0 aliphatic rings. The van der Waals surface area contributed by atoms with Crippen molar-refractivity contribution in [3.63, 3.8) is 0 Å². The Hall–Kier alpha value is -3.56. The van der Waals surface area contributed by atoms with Crippen LogP contribution in [0.2, 0.25) is 0 Å². The van der Waals surface area contributed by atoms with Crippen LogP contribution in [0, 0.1) is 21.7 Å². The fourth-order valence-corrected chi connectivity index (χ4v) is 2.05. The average molecular weight is 380 g/mol. The van der Waals surface area contributed by atoms with E-state index in [2.05, 4.69) is 5.32 Å². The number of ether oxygens (including phenoxy) is 2. The van der Waals surface area contributed by atoms with E-state index in [0.29, 0.717) is 0 Å². The second-order valence-electron chi connectivity index (χ2n) is 5.31. The summed E-state index contributed by atoms with van der Waals surface area (Å²) in [4.78, 5) is 33.8. The van der Waals surface area contributed by atoms with E-state index in [1.807, 2.05) is 0 Å². The van der Waals surface area contributed by atoms with Gasteiger partial charge in [-0.25, -0.2) is 9.18 Å². The highest BCUT2D eigenvalue weighted by atomic mass is 19.1. The van der Waals surface area contributed by atoms with Crippen molar-refractivity contribution >= 4 is 23.3 Å². The molecule has 10 heteroatoms. The predicted molar refractivity (Wildman–Crippen MR) is 89.5 cm³/mol. The van der Waals surface area contributed by atoms with Gasteiger partial charge in [0.05, 0.1) is 17.6 Å². The number of esters is 1. The number of nitro benzene ring substituents is 1. The summed E-state index contributed by atoms with van der Waals surface area (Å²) in [6.07, 6.45) is -1.30. The van der Waals surface area contributed by atoms with Crippen molar-refractivity contribution in [1.29, 1.82) is 0 Å². The molecule has 0 unspecified atom stereocenters. The van der Waals surface area contributed by atoms with E-state index in [-0.39, 0.29) is 17.0 Å². The maximum Gasteiger partial charge on any atom is 0.339 e. The van der Waals surface area contributed by atoms with Gasteiger partial charge in [0.1, 0.15) is 0 Å². The first kappa shape index (κ1) is 19.8. The fourth-order valence-electron chi connectivity index (χ4n) is 2.05. The molecular weight excluding hydrogens is 366 g/mol. The zero-order valence-corrected chi connectivity index (χ0v) is 14.2. The minimum absolute atomic E-state index is 0.0495. The monoisotopic (exact) mass is 380 g/mol. The molecule has 2 rings (SSSR count). The number of carbonyl (C=O) groups excluding carboxylic acids is 2. The van der Waals surface area contributed by atoms with E-state index >= 15 is 0 Å². The van der Waals surface area contributed by atoms with E-state index in [4.69, 9.17) is 9.47 Å². The minimum atomic E-state index is -1.30. The molecule has 142 valence electrons. The largest absolute Gasteiger partial charge is 0.494 e. The molecule has 0 saturated carbocycles. The molecule has 0 saturated heterocycles. The lowest BCUT2D eigenvalue weighted by Gasteiger charge is -2.14. The van der Waals surface area contributed by atoms with Crippen LogP contribution >= 0.6 is 0 Å². The number of carbonyl (C=O) groups is 2. The molecule has 1 N–H and O–H groups in total. The molecule has 2 aromatic carbocycles. The van der Waals surface area contributed by atoms with Crippen molar-refractivity contribution in [3.05, 3.63) is 63.7 Å². The first-order chi connectivity index (χ1) is 12.7. The second-order valence-corrected chi connectivity index (χ2v) is 5.31. The highest BCUT2D eigenvalue weighted by molar-refractivity contribution is 5.97. The SMILES string of the molecule is COc1ccc(C(=O)O[C@@H](C)C(=O)Nc2ccc(F)c([N+](=O)[O-])c2)cc1F. The van der Waals surface area contributed by atoms with Crippen LogP contribution in [-0.2, 0) is 9.53 Å². The minimum Gasteiger partial charge on any atom is -0.494 e. The Morgan fingerprint density at radius 3 is 2.44 bits per heavy atom. The Morgan fingerprint density at radius 1 is 1.15 bits per heavy atom. The molecule has 27 heavy (non-hydrogen) atoms. The van der Waals surface area contributed by atoms with Gasteiger partial charge >= 0.3 is 11.7 Å². The maximum absolute atomic E-state index is 13.6. The molecule has 1 amide bonds. The van der Waals surface area contributed by atoms with Gasteiger partial charge in [0, 0.05) is 11.8 Å². The Labute approximate surface area is 151 Å². The quantitative estimate of drug-likeness (QED) is 0.469. The highest BCUT2D eigenvalue weighted by Gasteiger charge is 2.21. The van der Waals surface area contributed by atoms with Gasteiger partial charge in [0.15, 0.2) is 17.7 Å². The number of amides is 1. The third-order valence-corrected chi connectivity index (χ3v) is 3.45. The number of rotatable bonds is 6. The Bertz CT molecular complexity index is 903. The standard InChI is InChI=1S/C17H14F2N2O6/c1-9(27-17(23)10-3-6-15(26-2)13(19)7-10)16(22)20-11-4-5-12(18)14(8-11)21(24)25/h3-9H,1-2H3,(H,20,22)/t9-/m0/s1. The number of nitrogens with zero attached hydrogens (tertiary/aromatic N) is 1. The first-order valence-electron chi connectivity index (χ1n) is 7.52. The average Bonchev–Trinajstić information content (AvgIpc) is 2.62. The maximum atomic E-state index is 13.6. The number of methoxy groups -OCH3 is 1. The van der Waals surface area contributed by atoms with Gasteiger partial charge in [-0.2, -0.15) is 4.39 Å². The number of hydrogen-bond donors (Lipinski definition) is 1. The van der Waals surface area contributed by atoms with E-state index < -0.39 is 40.2 Å². The fraction of sp³-hybridized carbons (Fsp3) is 0.176. The van der Waals surface area contributed by atoms with Crippen LogP contribution < -0.4 is 10.1 Å². The highest BCUT2D eigenvalue weighted by Crippen LogP contribution is 2.22. The summed E-state index contributed by atoms with van der Waals surface area (Å²) in [5.74, 6) is -3.65. The Kier molecular flexibility index (Phi) is 6.01. The lowest BCUT2D eigenvalue weighted by Crippen LogP contribution is -2.30. The summed E-state index contributed by atoms with van der Waals surface area (Å²) >= 11 is 0. The molecule has 0 bridgehead atoms. The first-order valence-corrected chi connectivity index (χ1v) is 7.52. The van der Waals surface area contributed by atoms with Gasteiger partial charge in [-0.1, -0.05) is 0 Å². The molecular formula is C17H14F2N2O6. The van der Waals surface area contributed by atoms with Crippen molar-refractivity contribution in [2.75, 3.05) is 12.4 Å². The summed E-state index contributed by atoms with van der Waals surface area (Å²) in [6, 6.07) is 6.17. The Morgan fingerprint density at radius 2 is 1.85 bits per heavy atom. The summed E-state index contributed by atoms with van der Waals surface area (Å²) < 4.78 is 36.6. The number of benzene rings is 2. The number of nitro groups is 1. The molecule has 0 aromatic heterocycles. The molecule has 1 atom stereocenters.